The largest absolute Gasteiger partial charge is 0.480 e. The van der Waals surface area contributed by atoms with E-state index in [1.54, 1.807) is 0 Å². The minimum absolute atomic E-state index is 0.0796. The summed E-state index contributed by atoms with van der Waals surface area (Å²) in [6, 6.07) is 2.94. The zero-order valence-corrected chi connectivity index (χ0v) is 10.8. The predicted octanol–water partition coefficient (Wildman–Crippen LogP) is 0.801. The molecular formula is C11H11ClFN3O4. The van der Waals surface area contributed by atoms with Crippen molar-refractivity contribution in [2.45, 2.75) is 0 Å². The van der Waals surface area contributed by atoms with Gasteiger partial charge in [0, 0.05) is 5.69 Å². The molecule has 108 valence electrons. The lowest BCUT2D eigenvalue weighted by Crippen LogP contribution is -2.40. The second kappa shape index (κ2) is 7.29. The lowest BCUT2D eigenvalue weighted by atomic mass is 10.3. The van der Waals surface area contributed by atoms with Crippen LogP contribution < -0.4 is 16.0 Å². The fourth-order valence-corrected chi connectivity index (χ4v) is 1.26. The Morgan fingerprint density at radius 1 is 1.20 bits per heavy atom. The highest BCUT2D eigenvalue weighted by Crippen LogP contribution is 2.18. The molecule has 1 aromatic carbocycles. The first-order chi connectivity index (χ1) is 9.38. The van der Waals surface area contributed by atoms with Crippen LogP contribution in [0.2, 0.25) is 5.02 Å². The summed E-state index contributed by atoms with van der Waals surface area (Å²) in [6.07, 6.45) is 0. The Kier molecular flexibility index (Phi) is 5.73. The fraction of sp³-hybridized carbons (Fsp3) is 0.182. The number of nitrogens with one attached hydrogen (secondary N) is 3. The van der Waals surface area contributed by atoms with Gasteiger partial charge in [-0.3, -0.25) is 9.59 Å². The number of halogens is 2. The Bertz CT molecular complexity index is 538. The van der Waals surface area contributed by atoms with Gasteiger partial charge in [0.15, 0.2) is 0 Å². The molecule has 3 amide bonds. The monoisotopic (exact) mass is 303 g/mol. The van der Waals surface area contributed by atoms with Crippen LogP contribution in [-0.2, 0) is 9.59 Å². The average molecular weight is 304 g/mol. The number of aliphatic carboxylic acids is 1. The Morgan fingerprint density at radius 2 is 1.90 bits per heavy atom. The molecule has 9 heteroatoms. The van der Waals surface area contributed by atoms with E-state index in [9.17, 15) is 18.8 Å². The number of anilines is 1. The summed E-state index contributed by atoms with van der Waals surface area (Å²) in [5.41, 5.74) is 0.162. The summed E-state index contributed by atoms with van der Waals surface area (Å²) in [5, 5.41) is 14.8. The zero-order chi connectivity index (χ0) is 15.1. The molecule has 0 unspecified atom stereocenters. The number of amides is 3. The third-order valence-corrected chi connectivity index (χ3v) is 2.33. The van der Waals surface area contributed by atoms with Crippen LogP contribution >= 0.6 is 11.6 Å². The van der Waals surface area contributed by atoms with Crippen molar-refractivity contribution < 1.29 is 23.9 Å². The number of benzene rings is 1. The van der Waals surface area contributed by atoms with E-state index >= 15 is 0 Å². The Morgan fingerprint density at radius 3 is 2.50 bits per heavy atom. The molecule has 0 saturated carbocycles. The van der Waals surface area contributed by atoms with Gasteiger partial charge in [-0.05, 0) is 18.2 Å². The molecule has 0 saturated heterocycles. The van der Waals surface area contributed by atoms with Crippen LogP contribution in [0.3, 0.4) is 0 Å². The second-order valence-corrected chi connectivity index (χ2v) is 4.01. The van der Waals surface area contributed by atoms with E-state index in [4.69, 9.17) is 16.7 Å². The maximum Gasteiger partial charge on any atom is 0.322 e. The minimum atomic E-state index is -1.19. The second-order valence-electron chi connectivity index (χ2n) is 3.61. The number of hydrogen-bond acceptors (Lipinski definition) is 3. The van der Waals surface area contributed by atoms with Crippen molar-refractivity contribution in [2.75, 3.05) is 18.4 Å². The summed E-state index contributed by atoms with van der Waals surface area (Å²) in [6.45, 7) is -0.945. The van der Waals surface area contributed by atoms with E-state index in [1.165, 1.54) is 12.1 Å². The summed E-state index contributed by atoms with van der Waals surface area (Å²) < 4.78 is 13.1. The molecule has 0 fully saturated rings. The van der Waals surface area contributed by atoms with Crippen LogP contribution in [0.5, 0.6) is 0 Å². The molecule has 0 bridgehead atoms. The Balaban J connectivity index is 2.38. The molecule has 1 rings (SSSR count). The lowest BCUT2D eigenvalue weighted by molar-refractivity contribution is -0.137. The number of carbonyl (C=O) groups excluding carboxylic acids is 2. The topological polar surface area (TPSA) is 108 Å². The Hall–Kier alpha value is -2.35. The van der Waals surface area contributed by atoms with E-state index in [2.05, 4.69) is 16.0 Å². The normalized spacial score (nSPS) is 9.70. The van der Waals surface area contributed by atoms with Crippen LogP contribution in [0.15, 0.2) is 18.2 Å². The number of hydrogen-bond donors (Lipinski definition) is 4. The highest BCUT2D eigenvalue weighted by atomic mass is 35.5. The number of carboxylic acids is 1. The van der Waals surface area contributed by atoms with E-state index < -0.39 is 36.8 Å². The van der Waals surface area contributed by atoms with Crippen LogP contribution in [0.1, 0.15) is 0 Å². The first kappa shape index (κ1) is 15.7. The van der Waals surface area contributed by atoms with E-state index in [0.717, 1.165) is 6.07 Å². The summed E-state index contributed by atoms with van der Waals surface area (Å²) in [5.74, 6) is -2.55. The van der Waals surface area contributed by atoms with Crippen molar-refractivity contribution in [3.05, 3.63) is 29.0 Å². The molecular weight excluding hydrogens is 293 g/mol. The van der Waals surface area contributed by atoms with Gasteiger partial charge in [0.25, 0.3) is 0 Å². The van der Waals surface area contributed by atoms with Crippen LogP contribution in [0.4, 0.5) is 14.9 Å². The first-order valence-electron chi connectivity index (χ1n) is 5.37. The SMILES string of the molecule is O=C(O)CNC(=O)CNC(=O)Nc1ccc(Cl)c(F)c1. The van der Waals surface area contributed by atoms with Gasteiger partial charge >= 0.3 is 12.0 Å². The van der Waals surface area contributed by atoms with Crippen molar-refractivity contribution >= 4 is 35.2 Å². The first-order valence-corrected chi connectivity index (χ1v) is 5.74. The van der Waals surface area contributed by atoms with Gasteiger partial charge in [-0.25, -0.2) is 9.18 Å². The summed E-state index contributed by atoms with van der Waals surface area (Å²) in [7, 11) is 0. The van der Waals surface area contributed by atoms with Crippen molar-refractivity contribution in [1.82, 2.24) is 10.6 Å². The van der Waals surface area contributed by atoms with Gasteiger partial charge < -0.3 is 21.1 Å². The van der Waals surface area contributed by atoms with Crippen molar-refractivity contribution in [1.29, 1.82) is 0 Å². The maximum atomic E-state index is 13.1. The smallest absolute Gasteiger partial charge is 0.322 e. The van der Waals surface area contributed by atoms with Gasteiger partial charge in [0.1, 0.15) is 12.4 Å². The Labute approximate surface area is 118 Å². The molecule has 0 radical (unpaired) electrons. The number of urea groups is 1. The number of carbonyl (C=O) groups is 3. The maximum absolute atomic E-state index is 13.1. The molecule has 1 aromatic rings. The summed E-state index contributed by atoms with van der Waals surface area (Å²) >= 11 is 5.48. The van der Waals surface area contributed by atoms with Gasteiger partial charge in [0.2, 0.25) is 5.91 Å². The van der Waals surface area contributed by atoms with E-state index in [1.807, 2.05) is 0 Å². The third kappa shape index (κ3) is 5.53. The molecule has 0 aliphatic rings. The van der Waals surface area contributed by atoms with Gasteiger partial charge in [-0.1, -0.05) is 11.6 Å². The highest BCUT2D eigenvalue weighted by molar-refractivity contribution is 6.30. The van der Waals surface area contributed by atoms with Crippen molar-refractivity contribution in [3.8, 4) is 0 Å². The van der Waals surface area contributed by atoms with Crippen LogP contribution in [-0.4, -0.2) is 36.1 Å². The molecule has 0 spiro atoms. The van der Waals surface area contributed by atoms with Crippen LogP contribution in [0.25, 0.3) is 0 Å². The number of rotatable bonds is 5. The molecule has 0 aliphatic heterocycles. The number of carboxylic acid groups (broad SMARTS) is 1. The van der Waals surface area contributed by atoms with Gasteiger partial charge in [-0.15, -0.1) is 0 Å². The minimum Gasteiger partial charge on any atom is -0.480 e. The molecule has 0 aliphatic carbocycles. The summed E-state index contributed by atoms with van der Waals surface area (Å²) in [4.78, 5) is 32.7. The lowest BCUT2D eigenvalue weighted by Gasteiger charge is -2.08. The predicted molar refractivity (Wildman–Crippen MR) is 69.1 cm³/mol. The van der Waals surface area contributed by atoms with Gasteiger partial charge in [0.05, 0.1) is 11.6 Å². The quantitative estimate of drug-likeness (QED) is 0.645. The molecule has 4 N–H and O–H groups in total. The zero-order valence-electron chi connectivity index (χ0n) is 10.1. The van der Waals surface area contributed by atoms with Crippen molar-refractivity contribution in [3.63, 3.8) is 0 Å². The standard InChI is InChI=1S/C11H11ClFN3O4/c12-7-2-1-6(3-8(7)13)16-11(20)15-4-9(17)14-5-10(18)19/h1-3H,4-5H2,(H,14,17)(H,18,19)(H2,15,16,20). The van der Waals surface area contributed by atoms with Gasteiger partial charge in [-0.2, -0.15) is 0 Å². The average Bonchev–Trinajstić information content (AvgIpc) is 2.38. The fourth-order valence-electron chi connectivity index (χ4n) is 1.15. The molecule has 0 aromatic heterocycles. The highest BCUT2D eigenvalue weighted by Gasteiger charge is 2.08. The van der Waals surface area contributed by atoms with E-state index in [-0.39, 0.29) is 10.7 Å². The van der Waals surface area contributed by atoms with Crippen molar-refractivity contribution in [2.24, 2.45) is 0 Å². The van der Waals surface area contributed by atoms with E-state index in [0.29, 0.717) is 0 Å². The molecule has 20 heavy (non-hydrogen) atoms. The molecule has 0 atom stereocenters. The molecule has 0 heterocycles. The molecule has 7 nitrogen and oxygen atoms in total. The third-order valence-electron chi connectivity index (χ3n) is 2.02. The van der Waals surface area contributed by atoms with Crippen LogP contribution in [0, 0.1) is 5.82 Å².